The molecule has 1 heterocycles. The van der Waals surface area contributed by atoms with Gasteiger partial charge in [0.25, 0.3) is 0 Å². The van der Waals surface area contributed by atoms with E-state index >= 15 is 0 Å². The minimum Gasteiger partial charge on any atom is -0.481 e. The van der Waals surface area contributed by atoms with Crippen LogP contribution in [0.5, 0.6) is 11.5 Å². The number of ether oxygens (including phenoxy) is 5. The number of thioether (sulfide) groups is 2. The van der Waals surface area contributed by atoms with E-state index < -0.39 is 223 Å². The van der Waals surface area contributed by atoms with Crippen LogP contribution in [0.1, 0.15) is 149 Å². The van der Waals surface area contributed by atoms with Crippen LogP contribution in [0.4, 0.5) is 0 Å². The molecular formula is C87H149N17O37S2. The van der Waals surface area contributed by atoms with Gasteiger partial charge >= 0.3 is 107 Å². The molecule has 816 valence electrons. The molecular weight excluding hydrogens is 1940 g/mol. The lowest BCUT2D eigenvalue weighted by Gasteiger charge is -2.21. The molecule has 3 aromatic rings. The molecule has 3 aromatic carbocycles. The molecule has 1 fully saturated rings. The van der Waals surface area contributed by atoms with Crippen molar-refractivity contribution in [3.05, 3.63) is 95.6 Å². The van der Waals surface area contributed by atoms with Gasteiger partial charge < -0.3 is 187 Å². The minimum absolute atomic E-state index is 0.0231. The standard InChI is InChI=1S/C25H37N5O12.C15H22N2O4.C9H11NO2.2C6H13NO2.C5H9NO4.2C5H11NO2S.C5H9NO2.C4H7NO4.C2H6N2O/c1-11(19(29)21(33)34)40-23(36)16(27)9-13-3-5-14(6-4-13)42-24(37)17(28)10-39-25(38)20(30)12(2)41-22(35)15(26)7-8-18(31)32;1-3-9(2)13(17)15(20)21-11-6-4-10(5-7-11)8-12(16)14(18)19;10-8(9(11)12)6-7-4-2-1-3-5-7;1-4(2)3-5(7)6(8)9;1-3-4(2)5(7)6(8)9;6-3(5(9)10)1-2-4(7)8;2*1-9-3-2-4(6)5(7)8;7-5(8)4-2-1-3-6-4;5-2(4(8)9)1-3(6)7;3-1-2(4)5/h3-6,11-12,15-17,19-20H,7-10,26-30H2,1-2H3,(H,31,32)(H,33,34);4-7,9,12-13H,3,8,16-17H2,1-2H3,(H,18,19);1-5,8H,6,10H2,(H,11,12);2*4-5H,3,7H2,1-2H3,(H,8,9);3H,1-2,6H2,(H,7,8)(H,9,10);2*4H,2-3,6H2,1H3,(H,7,8);4,6H,1-3H2,(H,7,8);2H,1,5H2,(H,6,7)(H,8,9);1,3H2,(H2,4,5)/t11-,12-,15+,16+,17+,19+,20+;9-,12-,13-;8-;5-;4-,5-;3-;3*4-;2-;/m1000000000./s1. The molecule has 1 saturated heterocycles. The summed E-state index contributed by atoms with van der Waals surface area (Å²) in [5, 5.41) is 112. The summed E-state index contributed by atoms with van der Waals surface area (Å²) >= 11 is 3.21. The van der Waals surface area contributed by atoms with Gasteiger partial charge in [0.05, 0.1) is 13.0 Å². The molecule has 19 atom stereocenters. The van der Waals surface area contributed by atoms with Crippen LogP contribution in [0, 0.1) is 17.8 Å². The van der Waals surface area contributed by atoms with Gasteiger partial charge in [0, 0.05) is 12.8 Å². The molecule has 46 N–H and O–H groups in total. The zero-order chi connectivity index (χ0) is 112. The van der Waals surface area contributed by atoms with Crippen LogP contribution < -0.4 is 107 Å². The fourth-order valence-electron chi connectivity index (χ4n) is 9.11. The number of carboxylic acid groups (broad SMARTS) is 13. The van der Waals surface area contributed by atoms with Crippen molar-refractivity contribution in [2.75, 3.05) is 43.7 Å². The third-order valence-corrected chi connectivity index (χ3v) is 19.8. The number of nitrogens with one attached hydrogen (secondary N) is 1. The minimum atomic E-state index is -1.45. The van der Waals surface area contributed by atoms with Gasteiger partial charge in [-0.2, -0.15) is 23.5 Å². The molecule has 0 saturated carbocycles. The number of rotatable bonds is 50. The van der Waals surface area contributed by atoms with Gasteiger partial charge in [-0.05, 0) is 167 Å². The first-order valence-corrected chi connectivity index (χ1v) is 46.4. The molecule has 1 aliphatic heterocycles. The number of carboxylic acids is 13. The van der Waals surface area contributed by atoms with E-state index in [0.29, 0.717) is 42.9 Å². The van der Waals surface area contributed by atoms with Crippen molar-refractivity contribution in [2.24, 2.45) is 109 Å². The number of aliphatic carboxylic acids is 13. The fourth-order valence-corrected chi connectivity index (χ4v) is 10.1. The van der Waals surface area contributed by atoms with Crippen LogP contribution in [-0.2, 0) is 125 Å². The Bertz CT molecular complexity index is 4250. The number of carbonyl (C=O) groups is 19. The van der Waals surface area contributed by atoms with Crippen molar-refractivity contribution in [3.8, 4) is 11.5 Å². The Morgan fingerprint density at radius 1 is 0.378 bits per heavy atom. The molecule has 1 amide bonds. The Kier molecular flexibility index (Phi) is 83.5. The van der Waals surface area contributed by atoms with Crippen LogP contribution >= 0.6 is 23.5 Å². The molecule has 0 spiro atoms. The van der Waals surface area contributed by atoms with E-state index in [0.717, 1.165) is 54.9 Å². The van der Waals surface area contributed by atoms with Crippen molar-refractivity contribution in [3.63, 3.8) is 0 Å². The number of amides is 1. The van der Waals surface area contributed by atoms with Gasteiger partial charge in [0.1, 0.15) is 121 Å². The van der Waals surface area contributed by atoms with Crippen molar-refractivity contribution in [2.45, 2.75) is 255 Å². The van der Waals surface area contributed by atoms with Crippen molar-refractivity contribution in [1.29, 1.82) is 0 Å². The molecule has 1 aliphatic rings. The number of primary amides is 1. The van der Waals surface area contributed by atoms with Gasteiger partial charge in [0.2, 0.25) is 5.91 Å². The highest BCUT2D eigenvalue weighted by molar-refractivity contribution is 7.98. The number of nitrogens with two attached hydrogens (primary N) is 16. The molecule has 143 heavy (non-hydrogen) atoms. The van der Waals surface area contributed by atoms with Crippen LogP contribution in [0.25, 0.3) is 0 Å². The lowest BCUT2D eigenvalue weighted by Crippen LogP contribution is -2.47. The average Bonchev–Trinajstić information content (AvgIpc) is 1.44. The Hall–Kier alpha value is -12.3. The molecule has 0 aliphatic carbocycles. The summed E-state index contributed by atoms with van der Waals surface area (Å²) in [5.41, 5.74) is 87.0. The highest BCUT2D eigenvalue weighted by atomic mass is 32.2. The van der Waals surface area contributed by atoms with E-state index in [2.05, 4.69) is 11.1 Å². The summed E-state index contributed by atoms with van der Waals surface area (Å²) in [7, 11) is 0. The highest BCUT2D eigenvalue weighted by Gasteiger charge is 2.32. The second kappa shape index (κ2) is 83.1. The lowest BCUT2D eigenvalue weighted by molar-refractivity contribution is -0.159. The molecule has 56 heteroatoms. The maximum atomic E-state index is 12.3. The number of hydrogen-bond acceptors (Lipinski definition) is 42. The first kappa shape index (κ1) is 144. The van der Waals surface area contributed by atoms with Gasteiger partial charge in [-0.3, -0.25) is 81.5 Å². The second-order valence-electron chi connectivity index (χ2n) is 31.4. The number of hydrogen-bond donors (Lipinski definition) is 30. The molecule has 0 radical (unpaired) electrons. The van der Waals surface area contributed by atoms with E-state index in [1.165, 1.54) is 38.1 Å². The molecule has 54 nitrogen and oxygen atoms in total. The summed E-state index contributed by atoms with van der Waals surface area (Å²) in [6, 6.07) is 7.38. The van der Waals surface area contributed by atoms with Gasteiger partial charge in [-0.15, -0.1) is 0 Å². The maximum Gasteiger partial charge on any atom is 0.331 e. The summed E-state index contributed by atoms with van der Waals surface area (Å²) in [6.45, 7) is 14.3. The quantitative estimate of drug-likeness (QED) is 0.0147. The van der Waals surface area contributed by atoms with Crippen molar-refractivity contribution >= 4 is 137 Å². The summed E-state index contributed by atoms with van der Waals surface area (Å²) in [4.78, 5) is 202. The lowest BCUT2D eigenvalue weighted by atomic mass is 10.0. The normalized spacial score (nSPS) is 15.0. The predicted octanol–water partition coefficient (Wildman–Crippen LogP) is -3.73. The van der Waals surface area contributed by atoms with Crippen LogP contribution in [0.3, 0.4) is 0 Å². The van der Waals surface area contributed by atoms with E-state index in [4.69, 9.17) is 176 Å². The van der Waals surface area contributed by atoms with E-state index in [-0.39, 0.29) is 68.7 Å². The average molecular weight is 2090 g/mol. The maximum absolute atomic E-state index is 12.3. The third-order valence-electron chi connectivity index (χ3n) is 18.6. The first-order valence-electron chi connectivity index (χ1n) is 43.7. The van der Waals surface area contributed by atoms with E-state index in [9.17, 15) is 91.1 Å². The van der Waals surface area contributed by atoms with Gasteiger partial charge in [-0.25, -0.2) is 9.59 Å². The van der Waals surface area contributed by atoms with E-state index in [1.54, 1.807) is 47.8 Å². The van der Waals surface area contributed by atoms with E-state index in [1.807, 2.05) is 84.4 Å². The van der Waals surface area contributed by atoms with Crippen molar-refractivity contribution < 1.29 is 181 Å². The third kappa shape index (κ3) is 78.9. The zero-order valence-electron chi connectivity index (χ0n) is 81.4. The SMILES string of the molecule is CC(C)C[C@H](N)C(=O)O.CC[C@H](C)[C@H](N)C(=O)O.CC[C@H](C)[C@H](N)C(=O)Oc1ccc(C[C@H](N)C(=O)O)cc1.CSCC[C@H](N)C(=O)O.CSCC[C@H](N)C(=O)O.C[C@@H](OC(=O)[C@@H](N)Cc1ccc(OC(=O)[C@@H](N)COC(=O)[C@@H](N)[C@@H](C)OC(=O)[C@@H](N)CCC(=O)O)cc1)[C@H](N)C(=O)O.NCC(N)=O.N[C@@H](CC(=O)O)C(=O)O.N[C@@H](CCC(=O)O)C(=O)O.N[C@@H](Cc1ccccc1)C(=O)O.O=C(O)[C@@H]1CCCN1. The Balaban J connectivity index is -0.000000308. The van der Waals surface area contributed by atoms with Gasteiger partial charge in [-0.1, -0.05) is 109 Å². The first-order chi connectivity index (χ1) is 66.2. The Morgan fingerprint density at radius 3 is 1.01 bits per heavy atom. The Morgan fingerprint density at radius 2 is 0.720 bits per heavy atom. The zero-order valence-corrected chi connectivity index (χ0v) is 83.0. The summed E-state index contributed by atoms with van der Waals surface area (Å²) < 4.78 is 25.2. The monoisotopic (exact) mass is 2090 g/mol. The topological polar surface area (TPSA) is 1060 Å². The summed E-state index contributed by atoms with van der Waals surface area (Å²) in [5.74, 6) is -15.7. The molecule has 0 bridgehead atoms. The van der Waals surface area contributed by atoms with Crippen molar-refractivity contribution in [1.82, 2.24) is 5.32 Å². The second-order valence-corrected chi connectivity index (χ2v) is 33.4. The smallest absolute Gasteiger partial charge is 0.331 e. The fraction of sp³-hybridized carbons (Fsp3) is 0.575. The largest absolute Gasteiger partial charge is 0.481 e. The number of carbonyl (C=O) groups excluding carboxylic acids is 6. The molecule has 0 unspecified atom stereocenters. The molecule has 4 rings (SSSR count). The van der Waals surface area contributed by atoms with Crippen LogP contribution in [0.2, 0.25) is 0 Å². The number of benzene rings is 3. The molecule has 0 aromatic heterocycles. The summed E-state index contributed by atoms with van der Waals surface area (Å²) in [6.07, 6.45) is 5.97. The van der Waals surface area contributed by atoms with Crippen LogP contribution in [0.15, 0.2) is 78.9 Å². The highest BCUT2D eigenvalue weighted by Crippen LogP contribution is 2.19. The number of esters is 5. The Labute approximate surface area is 834 Å². The van der Waals surface area contributed by atoms with Crippen LogP contribution in [-0.4, -0.2) is 326 Å². The predicted molar refractivity (Wildman–Crippen MR) is 521 cm³/mol. The van der Waals surface area contributed by atoms with Gasteiger partial charge in [0.15, 0.2) is 0 Å².